The maximum absolute atomic E-state index is 12.4. The number of aryl methyl sites for hydroxylation is 2. The predicted octanol–water partition coefficient (Wildman–Crippen LogP) is 3.50. The van der Waals surface area contributed by atoms with E-state index in [4.69, 9.17) is 11.6 Å². The fraction of sp³-hybridized carbons (Fsp3) is 0.412. The third kappa shape index (κ3) is 3.69. The topological polar surface area (TPSA) is 46.9 Å². The van der Waals surface area contributed by atoms with Gasteiger partial charge in [0, 0.05) is 23.3 Å². The number of hydrogen-bond acceptors (Lipinski definition) is 2. The van der Waals surface area contributed by atoms with Crippen LogP contribution in [0.4, 0.5) is 0 Å². The number of carbonyl (C=O) groups excluding carboxylic acids is 1. The van der Waals surface area contributed by atoms with Gasteiger partial charge in [-0.1, -0.05) is 30.7 Å². The molecule has 118 valence electrons. The first kappa shape index (κ1) is 16.6. The summed E-state index contributed by atoms with van der Waals surface area (Å²) in [6.45, 7) is 5.98. The average Bonchev–Trinajstić information content (AvgIpc) is 2.72. The van der Waals surface area contributed by atoms with E-state index in [1.807, 2.05) is 49.8 Å². The van der Waals surface area contributed by atoms with E-state index in [1.165, 1.54) is 0 Å². The van der Waals surface area contributed by atoms with Gasteiger partial charge in [-0.25, -0.2) is 0 Å². The SMILES string of the molecule is CC[C@@H](NC(=O)Cc1c(C)nn(C)c1C)c1ccc(Cl)cc1. The summed E-state index contributed by atoms with van der Waals surface area (Å²) in [5.41, 5.74) is 4.02. The van der Waals surface area contributed by atoms with Gasteiger partial charge in [-0.05, 0) is 38.0 Å². The fourth-order valence-corrected chi connectivity index (χ4v) is 2.72. The highest BCUT2D eigenvalue weighted by Gasteiger charge is 2.17. The van der Waals surface area contributed by atoms with Gasteiger partial charge in [-0.15, -0.1) is 0 Å². The van der Waals surface area contributed by atoms with Crippen LogP contribution in [0.5, 0.6) is 0 Å². The largest absolute Gasteiger partial charge is 0.349 e. The molecule has 4 nitrogen and oxygen atoms in total. The molecule has 0 bridgehead atoms. The Kier molecular flexibility index (Phi) is 5.24. The molecule has 0 saturated heterocycles. The number of aromatic nitrogens is 2. The highest BCUT2D eigenvalue weighted by atomic mass is 35.5. The van der Waals surface area contributed by atoms with Crippen molar-refractivity contribution in [2.75, 3.05) is 0 Å². The van der Waals surface area contributed by atoms with Crippen LogP contribution in [-0.2, 0) is 18.3 Å². The van der Waals surface area contributed by atoms with E-state index >= 15 is 0 Å². The summed E-state index contributed by atoms with van der Waals surface area (Å²) < 4.78 is 1.81. The number of carbonyl (C=O) groups is 1. The van der Waals surface area contributed by atoms with Crippen molar-refractivity contribution in [3.05, 3.63) is 51.8 Å². The predicted molar refractivity (Wildman–Crippen MR) is 89.0 cm³/mol. The summed E-state index contributed by atoms with van der Waals surface area (Å²) in [5.74, 6) is 0.0148. The molecule has 1 aromatic heterocycles. The zero-order valence-electron chi connectivity index (χ0n) is 13.5. The fourth-order valence-electron chi connectivity index (χ4n) is 2.60. The van der Waals surface area contributed by atoms with Gasteiger partial charge in [-0.2, -0.15) is 5.10 Å². The third-order valence-electron chi connectivity index (χ3n) is 4.01. The molecule has 0 spiro atoms. The third-order valence-corrected chi connectivity index (χ3v) is 4.26. The van der Waals surface area contributed by atoms with Crippen molar-refractivity contribution < 1.29 is 4.79 Å². The molecule has 1 N–H and O–H groups in total. The lowest BCUT2D eigenvalue weighted by atomic mass is 10.0. The van der Waals surface area contributed by atoms with Crippen molar-refractivity contribution >= 4 is 17.5 Å². The first-order valence-corrected chi connectivity index (χ1v) is 7.84. The van der Waals surface area contributed by atoms with Gasteiger partial charge in [-0.3, -0.25) is 9.48 Å². The average molecular weight is 320 g/mol. The number of amides is 1. The van der Waals surface area contributed by atoms with Gasteiger partial charge in [0.15, 0.2) is 0 Å². The van der Waals surface area contributed by atoms with Gasteiger partial charge in [0.05, 0.1) is 18.2 Å². The lowest BCUT2D eigenvalue weighted by Gasteiger charge is -2.17. The summed E-state index contributed by atoms with van der Waals surface area (Å²) in [7, 11) is 1.90. The number of hydrogen-bond donors (Lipinski definition) is 1. The Bertz CT molecular complexity index is 661. The lowest BCUT2D eigenvalue weighted by Crippen LogP contribution is -2.29. The second-order valence-electron chi connectivity index (χ2n) is 5.53. The van der Waals surface area contributed by atoms with Crippen LogP contribution in [-0.4, -0.2) is 15.7 Å². The minimum atomic E-state index is 0.00190. The van der Waals surface area contributed by atoms with Crippen LogP contribution < -0.4 is 5.32 Å². The van der Waals surface area contributed by atoms with Gasteiger partial charge < -0.3 is 5.32 Å². The Morgan fingerprint density at radius 3 is 2.45 bits per heavy atom. The molecule has 5 heteroatoms. The molecule has 0 aliphatic rings. The highest BCUT2D eigenvalue weighted by molar-refractivity contribution is 6.30. The summed E-state index contributed by atoms with van der Waals surface area (Å²) >= 11 is 5.91. The Hall–Kier alpha value is -1.81. The van der Waals surface area contributed by atoms with Crippen molar-refractivity contribution in [3.8, 4) is 0 Å². The Morgan fingerprint density at radius 2 is 1.95 bits per heavy atom. The van der Waals surface area contributed by atoms with Crippen LogP contribution >= 0.6 is 11.6 Å². The van der Waals surface area contributed by atoms with Gasteiger partial charge in [0.1, 0.15) is 0 Å². The summed E-state index contributed by atoms with van der Waals surface area (Å²) in [4.78, 5) is 12.4. The quantitative estimate of drug-likeness (QED) is 0.917. The minimum Gasteiger partial charge on any atom is -0.349 e. The second kappa shape index (κ2) is 6.97. The molecule has 0 radical (unpaired) electrons. The van der Waals surface area contributed by atoms with Crippen molar-refractivity contribution in [2.24, 2.45) is 7.05 Å². The van der Waals surface area contributed by atoms with Gasteiger partial charge >= 0.3 is 0 Å². The number of rotatable bonds is 5. The molecule has 2 aromatic rings. The smallest absolute Gasteiger partial charge is 0.225 e. The first-order chi connectivity index (χ1) is 10.4. The second-order valence-corrected chi connectivity index (χ2v) is 5.97. The molecule has 1 aromatic carbocycles. The van der Waals surface area contributed by atoms with Crippen LogP contribution in [0.1, 0.15) is 41.9 Å². The maximum atomic E-state index is 12.4. The van der Waals surface area contributed by atoms with Crippen molar-refractivity contribution in [2.45, 2.75) is 39.7 Å². The van der Waals surface area contributed by atoms with Crippen LogP contribution in [0.25, 0.3) is 0 Å². The monoisotopic (exact) mass is 319 g/mol. The van der Waals surface area contributed by atoms with Crippen molar-refractivity contribution in [1.29, 1.82) is 0 Å². The van der Waals surface area contributed by atoms with Crippen LogP contribution in [0.2, 0.25) is 5.02 Å². The Morgan fingerprint density at radius 1 is 1.32 bits per heavy atom. The summed E-state index contributed by atoms with van der Waals surface area (Å²) in [5, 5.41) is 8.15. The molecule has 2 rings (SSSR count). The molecule has 0 saturated carbocycles. The zero-order valence-corrected chi connectivity index (χ0v) is 14.2. The standard InChI is InChI=1S/C17H22ClN3O/c1-5-16(13-6-8-14(18)9-7-13)19-17(22)10-15-11(2)20-21(4)12(15)3/h6-9,16H,5,10H2,1-4H3,(H,19,22)/t16-/m1/s1. The molecular weight excluding hydrogens is 298 g/mol. The molecule has 1 atom stereocenters. The van der Waals surface area contributed by atoms with Crippen molar-refractivity contribution in [3.63, 3.8) is 0 Å². The van der Waals surface area contributed by atoms with E-state index in [-0.39, 0.29) is 11.9 Å². The molecule has 22 heavy (non-hydrogen) atoms. The highest BCUT2D eigenvalue weighted by Crippen LogP contribution is 2.20. The maximum Gasteiger partial charge on any atom is 0.225 e. The lowest BCUT2D eigenvalue weighted by molar-refractivity contribution is -0.121. The molecular formula is C17H22ClN3O. The van der Waals surface area contributed by atoms with E-state index in [9.17, 15) is 4.79 Å². The first-order valence-electron chi connectivity index (χ1n) is 7.46. The van der Waals surface area contributed by atoms with Gasteiger partial charge in [0.2, 0.25) is 5.91 Å². The summed E-state index contributed by atoms with van der Waals surface area (Å²) in [6, 6.07) is 7.61. The molecule has 1 heterocycles. The van der Waals surface area contributed by atoms with E-state index in [2.05, 4.69) is 17.3 Å². The van der Waals surface area contributed by atoms with Crippen molar-refractivity contribution in [1.82, 2.24) is 15.1 Å². The number of nitrogens with one attached hydrogen (secondary N) is 1. The van der Waals surface area contributed by atoms with E-state index in [0.717, 1.165) is 28.9 Å². The normalized spacial score (nSPS) is 12.2. The molecule has 0 unspecified atom stereocenters. The minimum absolute atomic E-state index is 0.00190. The van der Waals surface area contributed by atoms with Crippen LogP contribution in [0.15, 0.2) is 24.3 Å². The summed E-state index contributed by atoms with van der Waals surface area (Å²) in [6.07, 6.45) is 1.19. The molecule has 0 fully saturated rings. The molecule has 0 aliphatic carbocycles. The van der Waals surface area contributed by atoms with E-state index in [0.29, 0.717) is 11.4 Å². The van der Waals surface area contributed by atoms with Crippen LogP contribution in [0.3, 0.4) is 0 Å². The van der Waals surface area contributed by atoms with Gasteiger partial charge in [0.25, 0.3) is 0 Å². The Labute approximate surface area is 136 Å². The Balaban J connectivity index is 2.08. The zero-order chi connectivity index (χ0) is 16.3. The molecule has 1 amide bonds. The van der Waals surface area contributed by atoms with E-state index < -0.39 is 0 Å². The number of halogens is 1. The van der Waals surface area contributed by atoms with E-state index in [1.54, 1.807) is 0 Å². The molecule has 0 aliphatic heterocycles. The number of nitrogens with zero attached hydrogens (tertiary/aromatic N) is 2. The van der Waals surface area contributed by atoms with Crippen LogP contribution in [0, 0.1) is 13.8 Å². The number of benzene rings is 1.